The number of aryl methyl sites for hydroxylation is 1. The Morgan fingerprint density at radius 3 is 3.11 bits per heavy atom. The summed E-state index contributed by atoms with van der Waals surface area (Å²) in [5.74, 6) is 4.92. The normalized spacial score (nSPS) is 26.2. The summed E-state index contributed by atoms with van der Waals surface area (Å²) < 4.78 is 5.35. The lowest BCUT2D eigenvalue weighted by Crippen LogP contribution is -2.31. The highest BCUT2D eigenvalue weighted by molar-refractivity contribution is 8.06. The predicted octanol–water partition coefficient (Wildman–Crippen LogP) is 3.12. The van der Waals surface area contributed by atoms with Gasteiger partial charge in [-0.25, -0.2) is 0 Å². The van der Waals surface area contributed by atoms with Crippen LogP contribution in [-0.4, -0.2) is 36.2 Å². The monoisotopic (exact) mass is 295 g/mol. The van der Waals surface area contributed by atoms with Crippen LogP contribution in [0.3, 0.4) is 0 Å². The lowest BCUT2D eigenvalue weighted by atomic mass is 10.1. The molecule has 1 aliphatic carbocycles. The van der Waals surface area contributed by atoms with E-state index in [2.05, 4.69) is 47.0 Å². The summed E-state index contributed by atoms with van der Waals surface area (Å²) in [5.41, 5.74) is 2.94. The predicted molar refractivity (Wildman–Crippen MR) is 85.6 cm³/mol. The quantitative estimate of drug-likeness (QED) is 0.921. The number of hydrogen-bond acceptors (Lipinski definition) is 4. The second-order valence-electron chi connectivity index (χ2n) is 5.13. The first kappa shape index (κ1) is 13.7. The zero-order chi connectivity index (χ0) is 13.1. The van der Waals surface area contributed by atoms with Crippen LogP contribution in [0.1, 0.15) is 23.6 Å². The Balaban J connectivity index is 1.61. The third-order valence-corrected chi connectivity index (χ3v) is 6.75. The van der Waals surface area contributed by atoms with Gasteiger partial charge in [-0.1, -0.05) is 6.07 Å². The lowest BCUT2D eigenvalue weighted by Gasteiger charge is -2.23. The van der Waals surface area contributed by atoms with Crippen LogP contribution in [0.25, 0.3) is 0 Å². The molecular weight excluding hydrogens is 274 g/mol. The van der Waals surface area contributed by atoms with Gasteiger partial charge in [0.1, 0.15) is 5.75 Å². The number of methoxy groups -OCH3 is 1. The average molecular weight is 295 g/mol. The van der Waals surface area contributed by atoms with Crippen LogP contribution in [0.4, 0.5) is 0 Å². The second-order valence-corrected chi connectivity index (χ2v) is 7.69. The molecule has 1 aromatic rings. The first-order valence-electron chi connectivity index (χ1n) is 6.96. The van der Waals surface area contributed by atoms with Crippen LogP contribution in [0.5, 0.6) is 5.75 Å². The van der Waals surface area contributed by atoms with Crippen LogP contribution in [0, 0.1) is 0 Å². The van der Waals surface area contributed by atoms with Gasteiger partial charge in [-0.05, 0) is 36.1 Å². The maximum Gasteiger partial charge on any atom is 0.119 e. The molecule has 0 aromatic heterocycles. The molecule has 1 N–H and O–H groups in total. The summed E-state index contributed by atoms with van der Waals surface area (Å²) in [7, 11) is 1.75. The van der Waals surface area contributed by atoms with Gasteiger partial charge in [0.05, 0.1) is 7.11 Å². The van der Waals surface area contributed by atoms with Gasteiger partial charge in [0.2, 0.25) is 0 Å². The van der Waals surface area contributed by atoms with Crippen molar-refractivity contribution in [2.24, 2.45) is 0 Å². The van der Waals surface area contributed by atoms with Gasteiger partial charge in [0.25, 0.3) is 0 Å². The van der Waals surface area contributed by atoms with Gasteiger partial charge >= 0.3 is 0 Å². The van der Waals surface area contributed by atoms with E-state index in [0.717, 1.165) is 17.5 Å². The summed E-state index contributed by atoms with van der Waals surface area (Å²) in [4.78, 5) is 0. The maximum atomic E-state index is 5.35. The van der Waals surface area contributed by atoms with Crippen molar-refractivity contribution in [3.63, 3.8) is 0 Å². The number of rotatable bonds is 4. The first-order valence-corrected chi connectivity index (χ1v) is 9.16. The SMILES string of the molecule is COc1ccc2c(c1)C(NCC1CSCCS1)CC2. The minimum Gasteiger partial charge on any atom is -0.497 e. The largest absolute Gasteiger partial charge is 0.497 e. The van der Waals surface area contributed by atoms with Crippen molar-refractivity contribution < 1.29 is 4.74 Å². The van der Waals surface area contributed by atoms with Gasteiger partial charge < -0.3 is 10.1 Å². The van der Waals surface area contributed by atoms with Crippen molar-refractivity contribution in [2.75, 3.05) is 30.9 Å². The summed E-state index contributed by atoms with van der Waals surface area (Å²) in [6.45, 7) is 1.14. The van der Waals surface area contributed by atoms with Gasteiger partial charge in [0.15, 0.2) is 0 Å². The minimum atomic E-state index is 0.526. The van der Waals surface area contributed by atoms with E-state index in [1.807, 2.05) is 0 Å². The Bertz CT molecular complexity index is 432. The molecule has 1 heterocycles. The highest BCUT2D eigenvalue weighted by Crippen LogP contribution is 2.34. The van der Waals surface area contributed by atoms with E-state index in [1.165, 1.54) is 41.2 Å². The fourth-order valence-electron chi connectivity index (χ4n) is 2.85. The second kappa shape index (κ2) is 6.42. The average Bonchev–Trinajstić information content (AvgIpc) is 2.88. The maximum absolute atomic E-state index is 5.35. The van der Waals surface area contributed by atoms with Crippen molar-refractivity contribution in [3.8, 4) is 5.75 Å². The molecule has 0 amide bonds. The van der Waals surface area contributed by atoms with E-state index in [9.17, 15) is 0 Å². The molecule has 2 unspecified atom stereocenters. The molecule has 104 valence electrons. The van der Waals surface area contributed by atoms with Gasteiger partial charge in [0, 0.05) is 35.1 Å². The van der Waals surface area contributed by atoms with Crippen LogP contribution < -0.4 is 10.1 Å². The van der Waals surface area contributed by atoms with Crippen molar-refractivity contribution >= 4 is 23.5 Å². The number of nitrogens with one attached hydrogen (secondary N) is 1. The van der Waals surface area contributed by atoms with Gasteiger partial charge in [-0.2, -0.15) is 23.5 Å². The van der Waals surface area contributed by atoms with E-state index in [4.69, 9.17) is 4.74 Å². The molecule has 3 rings (SSSR count). The molecule has 0 radical (unpaired) electrons. The molecule has 0 spiro atoms. The Morgan fingerprint density at radius 1 is 1.37 bits per heavy atom. The molecule has 0 saturated carbocycles. The molecule has 4 heteroatoms. The minimum absolute atomic E-state index is 0.526. The van der Waals surface area contributed by atoms with Crippen molar-refractivity contribution in [3.05, 3.63) is 29.3 Å². The number of thioether (sulfide) groups is 2. The Labute approximate surface area is 124 Å². The third kappa shape index (κ3) is 3.23. The number of hydrogen-bond donors (Lipinski definition) is 1. The molecule has 1 aliphatic heterocycles. The summed E-state index contributed by atoms with van der Waals surface area (Å²) >= 11 is 4.22. The van der Waals surface area contributed by atoms with Crippen molar-refractivity contribution in [1.82, 2.24) is 5.32 Å². The molecule has 1 fully saturated rings. The Kier molecular flexibility index (Phi) is 4.61. The van der Waals surface area contributed by atoms with E-state index in [1.54, 1.807) is 7.11 Å². The number of benzene rings is 1. The molecule has 19 heavy (non-hydrogen) atoms. The van der Waals surface area contributed by atoms with E-state index in [0.29, 0.717) is 6.04 Å². The Morgan fingerprint density at radius 2 is 2.32 bits per heavy atom. The van der Waals surface area contributed by atoms with Crippen molar-refractivity contribution in [1.29, 1.82) is 0 Å². The first-order chi connectivity index (χ1) is 9.36. The van der Waals surface area contributed by atoms with Crippen LogP contribution in [0.15, 0.2) is 18.2 Å². The van der Waals surface area contributed by atoms with Crippen molar-refractivity contribution in [2.45, 2.75) is 24.1 Å². The Hall–Kier alpha value is -0.320. The highest BCUT2D eigenvalue weighted by atomic mass is 32.2. The zero-order valence-electron chi connectivity index (χ0n) is 11.4. The fourth-order valence-corrected chi connectivity index (χ4v) is 5.47. The fraction of sp³-hybridized carbons (Fsp3) is 0.600. The topological polar surface area (TPSA) is 21.3 Å². The molecule has 0 bridgehead atoms. The molecule has 1 aromatic carbocycles. The summed E-state index contributed by atoms with van der Waals surface area (Å²) in [6.07, 6.45) is 2.43. The van der Waals surface area contributed by atoms with Gasteiger partial charge in [-0.3, -0.25) is 0 Å². The van der Waals surface area contributed by atoms with Gasteiger partial charge in [-0.15, -0.1) is 0 Å². The van der Waals surface area contributed by atoms with E-state index in [-0.39, 0.29) is 0 Å². The van der Waals surface area contributed by atoms with E-state index < -0.39 is 0 Å². The zero-order valence-corrected chi connectivity index (χ0v) is 13.0. The number of ether oxygens (including phenoxy) is 1. The molecule has 2 aliphatic rings. The van der Waals surface area contributed by atoms with Crippen LogP contribution in [0.2, 0.25) is 0 Å². The smallest absolute Gasteiger partial charge is 0.119 e. The van der Waals surface area contributed by atoms with E-state index >= 15 is 0 Å². The summed E-state index contributed by atoms with van der Waals surface area (Å²) in [6, 6.07) is 7.04. The van der Waals surface area contributed by atoms with Crippen LogP contribution >= 0.6 is 23.5 Å². The molecular formula is C15H21NOS2. The van der Waals surface area contributed by atoms with Crippen LogP contribution in [-0.2, 0) is 6.42 Å². The number of fused-ring (bicyclic) bond motifs is 1. The molecule has 2 atom stereocenters. The molecule has 1 saturated heterocycles. The molecule has 2 nitrogen and oxygen atoms in total. The lowest BCUT2D eigenvalue weighted by molar-refractivity contribution is 0.413. The standard InChI is InChI=1S/C15H21NOS2/c1-17-12-4-2-11-3-5-15(14(11)8-12)16-9-13-10-18-6-7-19-13/h2,4,8,13,15-16H,3,5-7,9-10H2,1H3. The summed E-state index contributed by atoms with van der Waals surface area (Å²) in [5, 5.41) is 4.55. The third-order valence-electron chi connectivity index (χ3n) is 3.91. The highest BCUT2D eigenvalue weighted by Gasteiger charge is 2.24.